The quantitative estimate of drug-likeness (QED) is 0.725. The standard InChI is InChI=1S/C13H15Br2NO2/c14-9-7-11(15)13(16-8-9)12(17)5-1-3-10-4-2-6-18-10/h7-8,10H,1-6H2. The van der Waals surface area contributed by atoms with Crippen molar-refractivity contribution in [2.24, 2.45) is 0 Å². The first kappa shape index (κ1) is 14.2. The van der Waals surface area contributed by atoms with Gasteiger partial charge in [0.05, 0.1) is 6.10 Å². The van der Waals surface area contributed by atoms with Crippen LogP contribution in [0.4, 0.5) is 0 Å². The van der Waals surface area contributed by atoms with Crippen LogP contribution in [-0.4, -0.2) is 23.5 Å². The summed E-state index contributed by atoms with van der Waals surface area (Å²) < 4.78 is 7.15. The first-order valence-electron chi connectivity index (χ1n) is 6.12. The third kappa shape index (κ3) is 3.87. The van der Waals surface area contributed by atoms with Gasteiger partial charge in [0.2, 0.25) is 0 Å². The average Bonchev–Trinajstić information content (AvgIpc) is 2.81. The minimum absolute atomic E-state index is 0.0902. The summed E-state index contributed by atoms with van der Waals surface area (Å²) in [6, 6.07) is 1.85. The molecule has 0 radical (unpaired) electrons. The summed E-state index contributed by atoms with van der Waals surface area (Å²) in [6.45, 7) is 0.873. The Morgan fingerprint density at radius 2 is 2.33 bits per heavy atom. The van der Waals surface area contributed by atoms with Crippen LogP contribution >= 0.6 is 31.9 Å². The minimum Gasteiger partial charge on any atom is -0.378 e. The maximum atomic E-state index is 12.0. The number of carbonyl (C=O) groups excluding carboxylic acids is 1. The third-order valence-corrected chi connectivity index (χ3v) is 4.06. The highest BCUT2D eigenvalue weighted by Gasteiger charge is 2.17. The van der Waals surface area contributed by atoms with Crippen molar-refractivity contribution in [1.29, 1.82) is 0 Å². The monoisotopic (exact) mass is 375 g/mol. The Balaban J connectivity index is 1.83. The number of aromatic nitrogens is 1. The van der Waals surface area contributed by atoms with Gasteiger partial charge < -0.3 is 4.74 Å². The molecule has 0 amide bonds. The number of ether oxygens (including phenoxy) is 1. The molecule has 2 heterocycles. The number of hydrogen-bond acceptors (Lipinski definition) is 3. The summed E-state index contributed by atoms with van der Waals surface area (Å²) in [5.41, 5.74) is 0.519. The Labute approximate surface area is 124 Å². The summed E-state index contributed by atoms with van der Waals surface area (Å²) in [4.78, 5) is 16.2. The Morgan fingerprint density at radius 1 is 1.50 bits per heavy atom. The van der Waals surface area contributed by atoms with Crippen molar-refractivity contribution in [3.63, 3.8) is 0 Å². The van der Waals surface area contributed by atoms with Gasteiger partial charge in [-0.25, -0.2) is 0 Å². The first-order chi connectivity index (χ1) is 8.66. The summed E-state index contributed by atoms with van der Waals surface area (Å²) in [5, 5.41) is 0. The second-order valence-corrected chi connectivity index (χ2v) is 6.20. The Morgan fingerprint density at radius 3 is 3.00 bits per heavy atom. The highest BCUT2D eigenvalue weighted by atomic mass is 79.9. The maximum Gasteiger partial charge on any atom is 0.182 e. The van der Waals surface area contributed by atoms with Crippen LogP contribution in [0, 0.1) is 0 Å². The van der Waals surface area contributed by atoms with E-state index in [1.807, 2.05) is 6.07 Å². The van der Waals surface area contributed by atoms with Crippen molar-refractivity contribution in [2.45, 2.75) is 38.2 Å². The number of carbonyl (C=O) groups is 1. The van der Waals surface area contributed by atoms with Gasteiger partial charge in [-0.3, -0.25) is 9.78 Å². The second-order valence-electron chi connectivity index (χ2n) is 4.43. The van der Waals surface area contributed by atoms with Crippen molar-refractivity contribution < 1.29 is 9.53 Å². The lowest BCUT2D eigenvalue weighted by Gasteiger charge is -2.08. The van der Waals surface area contributed by atoms with Crippen molar-refractivity contribution in [2.75, 3.05) is 6.61 Å². The molecule has 0 saturated carbocycles. The highest BCUT2D eigenvalue weighted by molar-refractivity contribution is 9.11. The van der Waals surface area contributed by atoms with Crippen LogP contribution in [0.1, 0.15) is 42.6 Å². The van der Waals surface area contributed by atoms with Gasteiger partial charge in [0.1, 0.15) is 5.69 Å². The lowest BCUT2D eigenvalue weighted by Crippen LogP contribution is -2.08. The number of halogens is 2. The Bertz CT molecular complexity index is 431. The lowest BCUT2D eigenvalue weighted by atomic mass is 10.1. The van der Waals surface area contributed by atoms with Crippen LogP contribution in [0.2, 0.25) is 0 Å². The molecule has 1 unspecified atom stereocenters. The van der Waals surface area contributed by atoms with Crippen LogP contribution in [0.25, 0.3) is 0 Å². The van der Waals surface area contributed by atoms with Gasteiger partial charge in [0.15, 0.2) is 5.78 Å². The zero-order valence-corrected chi connectivity index (χ0v) is 13.2. The fraction of sp³-hybridized carbons (Fsp3) is 0.538. The predicted octanol–water partition coefficient (Wildman–Crippen LogP) is 4.14. The molecule has 98 valence electrons. The molecule has 1 aliphatic rings. The van der Waals surface area contributed by atoms with Gasteiger partial charge in [0.25, 0.3) is 0 Å². The van der Waals surface area contributed by atoms with E-state index in [1.54, 1.807) is 6.20 Å². The predicted molar refractivity (Wildman–Crippen MR) is 76.8 cm³/mol. The van der Waals surface area contributed by atoms with Gasteiger partial charge >= 0.3 is 0 Å². The third-order valence-electron chi connectivity index (χ3n) is 3.03. The average molecular weight is 377 g/mol. The van der Waals surface area contributed by atoms with Crippen molar-refractivity contribution in [1.82, 2.24) is 4.98 Å². The van der Waals surface area contributed by atoms with Crippen LogP contribution in [-0.2, 0) is 4.74 Å². The summed E-state index contributed by atoms with van der Waals surface area (Å²) >= 11 is 6.69. The van der Waals surface area contributed by atoms with Gasteiger partial charge in [-0.1, -0.05) is 0 Å². The largest absolute Gasteiger partial charge is 0.378 e. The lowest BCUT2D eigenvalue weighted by molar-refractivity contribution is 0.0919. The van der Waals surface area contributed by atoms with E-state index in [4.69, 9.17) is 4.74 Å². The SMILES string of the molecule is O=C(CCCC1CCCO1)c1ncc(Br)cc1Br. The smallest absolute Gasteiger partial charge is 0.182 e. The summed E-state index contributed by atoms with van der Waals surface area (Å²) in [5.74, 6) is 0.0902. The summed E-state index contributed by atoms with van der Waals surface area (Å²) in [6.07, 6.45) is 6.67. The molecule has 1 aromatic heterocycles. The fourth-order valence-corrected chi connectivity index (χ4v) is 3.31. The Kier molecular flexibility index (Phi) is 5.33. The topological polar surface area (TPSA) is 39.2 Å². The van der Waals surface area contributed by atoms with Gasteiger partial charge in [0, 0.05) is 28.2 Å². The van der Waals surface area contributed by atoms with Gasteiger partial charge in [-0.15, -0.1) is 0 Å². The van der Waals surface area contributed by atoms with Gasteiger partial charge in [-0.05, 0) is 63.6 Å². The zero-order chi connectivity index (χ0) is 13.0. The molecule has 0 aliphatic carbocycles. The van der Waals surface area contributed by atoms with E-state index in [0.717, 1.165) is 41.2 Å². The molecule has 2 rings (SSSR count). The number of rotatable bonds is 5. The molecule has 1 aromatic rings. The molecule has 0 spiro atoms. The molecule has 0 bridgehead atoms. The molecule has 1 saturated heterocycles. The van der Waals surface area contributed by atoms with Crippen molar-refractivity contribution in [3.8, 4) is 0 Å². The second kappa shape index (κ2) is 6.78. The van der Waals surface area contributed by atoms with Crippen molar-refractivity contribution >= 4 is 37.6 Å². The zero-order valence-electron chi connectivity index (χ0n) is 9.99. The van der Waals surface area contributed by atoms with E-state index >= 15 is 0 Å². The van der Waals surface area contributed by atoms with E-state index in [0.29, 0.717) is 18.2 Å². The van der Waals surface area contributed by atoms with Gasteiger partial charge in [-0.2, -0.15) is 0 Å². The number of ketones is 1. The van der Waals surface area contributed by atoms with E-state index in [2.05, 4.69) is 36.8 Å². The van der Waals surface area contributed by atoms with Crippen LogP contribution < -0.4 is 0 Å². The molecule has 1 atom stereocenters. The maximum absolute atomic E-state index is 12.0. The molecule has 1 aliphatic heterocycles. The van der Waals surface area contributed by atoms with E-state index in [9.17, 15) is 4.79 Å². The number of nitrogens with zero attached hydrogens (tertiary/aromatic N) is 1. The number of pyridine rings is 1. The molecule has 1 fully saturated rings. The molecular formula is C13H15Br2NO2. The number of Topliss-reactive ketones (excluding diaryl/α,β-unsaturated/α-hetero) is 1. The minimum atomic E-state index is 0.0902. The van der Waals surface area contributed by atoms with E-state index in [1.165, 1.54) is 0 Å². The molecule has 18 heavy (non-hydrogen) atoms. The molecule has 0 N–H and O–H groups in total. The molecule has 5 heteroatoms. The van der Waals surface area contributed by atoms with Crippen LogP contribution in [0.3, 0.4) is 0 Å². The highest BCUT2D eigenvalue weighted by Crippen LogP contribution is 2.22. The summed E-state index contributed by atoms with van der Waals surface area (Å²) in [7, 11) is 0. The Hall–Kier alpha value is -0.260. The normalized spacial score (nSPS) is 19.1. The molecule has 0 aromatic carbocycles. The van der Waals surface area contributed by atoms with E-state index < -0.39 is 0 Å². The molecular weight excluding hydrogens is 362 g/mol. The van der Waals surface area contributed by atoms with Crippen molar-refractivity contribution in [3.05, 3.63) is 26.9 Å². The first-order valence-corrected chi connectivity index (χ1v) is 7.71. The number of hydrogen-bond donors (Lipinski definition) is 0. The van der Waals surface area contributed by atoms with Crippen LogP contribution in [0.5, 0.6) is 0 Å². The molecule has 3 nitrogen and oxygen atoms in total. The van der Waals surface area contributed by atoms with Crippen LogP contribution in [0.15, 0.2) is 21.2 Å². The van der Waals surface area contributed by atoms with E-state index in [-0.39, 0.29) is 5.78 Å². The fourth-order valence-electron chi connectivity index (χ4n) is 2.10.